The molecule has 156 valence electrons. The topological polar surface area (TPSA) is 73.2 Å². The van der Waals surface area contributed by atoms with Crippen LogP contribution in [0.2, 0.25) is 0 Å². The molecule has 1 amide bonds. The van der Waals surface area contributed by atoms with Crippen molar-refractivity contribution in [1.29, 1.82) is 0 Å². The summed E-state index contributed by atoms with van der Waals surface area (Å²) in [5.74, 6) is -0.0763. The molecule has 1 atom stereocenters. The van der Waals surface area contributed by atoms with Gasteiger partial charge in [0.15, 0.2) is 5.16 Å². The second kappa shape index (κ2) is 9.88. The lowest BCUT2D eigenvalue weighted by molar-refractivity contribution is -0.120. The van der Waals surface area contributed by atoms with Crippen molar-refractivity contribution in [2.24, 2.45) is 0 Å². The molecule has 0 spiro atoms. The van der Waals surface area contributed by atoms with E-state index >= 15 is 0 Å². The minimum absolute atomic E-state index is 0.0538. The van der Waals surface area contributed by atoms with E-state index in [1.807, 2.05) is 31.4 Å². The summed E-state index contributed by atoms with van der Waals surface area (Å²) in [6.07, 6.45) is 0.793. The first kappa shape index (κ1) is 22.0. The number of aromatic nitrogens is 2. The van der Waals surface area contributed by atoms with E-state index in [1.165, 1.54) is 11.8 Å². The standard InChI is InChI=1S/C20H25N3O3S3/c1-5-15-12(2)28-18-16(15)19(25)23(8-9-26-4)20(22-18)29-13(3)17(24)21-11-14-7-6-10-27-14/h6-7,10,13H,5,8-9,11H2,1-4H3,(H,21,24). The summed E-state index contributed by atoms with van der Waals surface area (Å²) >= 11 is 4.46. The molecule has 3 aromatic heterocycles. The molecule has 9 heteroatoms. The Labute approximate surface area is 182 Å². The number of carbonyl (C=O) groups excluding carboxylic acids is 1. The normalized spacial score (nSPS) is 12.4. The number of carbonyl (C=O) groups is 1. The van der Waals surface area contributed by atoms with Gasteiger partial charge in [0.2, 0.25) is 5.91 Å². The van der Waals surface area contributed by atoms with Gasteiger partial charge >= 0.3 is 0 Å². The van der Waals surface area contributed by atoms with Gasteiger partial charge in [-0.25, -0.2) is 4.98 Å². The van der Waals surface area contributed by atoms with Gasteiger partial charge in [0.05, 0.1) is 30.3 Å². The Morgan fingerprint density at radius 1 is 1.45 bits per heavy atom. The van der Waals surface area contributed by atoms with Gasteiger partial charge in [-0.3, -0.25) is 14.2 Å². The summed E-state index contributed by atoms with van der Waals surface area (Å²) in [4.78, 5) is 33.5. The van der Waals surface area contributed by atoms with E-state index in [4.69, 9.17) is 9.72 Å². The number of hydrogen-bond donors (Lipinski definition) is 1. The van der Waals surface area contributed by atoms with Gasteiger partial charge in [-0.1, -0.05) is 24.8 Å². The fourth-order valence-corrected chi connectivity index (χ4v) is 5.83. The van der Waals surface area contributed by atoms with Crippen LogP contribution in [0.3, 0.4) is 0 Å². The summed E-state index contributed by atoms with van der Waals surface area (Å²) < 4.78 is 6.83. The average molecular weight is 452 g/mol. The van der Waals surface area contributed by atoms with Gasteiger partial charge in [0.25, 0.3) is 5.56 Å². The highest BCUT2D eigenvalue weighted by Crippen LogP contribution is 2.30. The fraction of sp³-hybridized carbons (Fsp3) is 0.450. The van der Waals surface area contributed by atoms with E-state index in [1.54, 1.807) is 34.4 Å². The number of thioether (sulfide) groups is 1. The molecule has 0 aliphatic heterocycles. The Morgan fingerprint density at radius 2 is 2.24 bits per heavy atom. The van der Waals surface area contributed by atoms with E-state index in [0.717, 1.165) is 26.6 Å². The Kier molecular flexibility index (Phi) is 7.50. The molecule has 6 nitrogen and oxygen atoms in total. The Morgan fingerprint density at radius 3 is 2.90 bits per heavy atom. The van der Waals surface area contributed by atoms with E-state index < -0.39 is 0 Å². The van der Waals surface area contributed by atoms with Gasteiger partial charge in [0, 0.05) is 16.9 Å². The van der Waals surface area contributed by atoms with Gasteiger partial charge in [-0.2, -0.15) is 0 Å². The number of thiophene rings is 2. The first-order valence-corrected chi connectivity index (χ1v) is 12.0. The van der Waals surface area contributed by atoms with Crippen molar-refractivity contribution in [2.45, 2.75) is 50.7 Å². The maximum absolute atomic E-state index is 13.2. The minimum Gasteiger partial charge on any atom is -0.383 e. The second-order valence-corrected chi connectivity index (χ2v) is 10.1. The molecule has 3 rings (SSSR count). The molecule has 0 aliphatic carbocycles. The van der Waals surface area contributed by atoms with Crippen molar-refractivity contribution >= 4 is 50.6 Å². The Bertz CT molecular complexity index is 1040. The van der Waals surface area contributed by atoms with Gasteiger partial charge < -0.3 is 10.1 Å². The quantitative estimate of drug-likeness (QED) is 0.395. The maximum Gasteiger partial charge on any atom is 0.263 e. The van der Waals surface area contributed by atoms with E-state index in [-0.39, 0.29) is 16.7 Å². The smallest absolute Gasteiger partial charge is 0.263 e. The third-order valence-electron chi connectivity index (χ3n) is 4.62. The van der Waals surface area contributed by atoms with Crippen molar-refractivity contribution in [3.05, 3.63) is 43.2 Å². The predicted molar refractivity (Wildman–Crippen MR) is 121 cm³/mol. The lowest BCUT2D eigenvalue weighted by Crippen LogP contribution is -2.32. The van der Waals surface area contributed by atoms with Crippen LogP contribution >= 0.6 is 34.4 Å². The summed E-state index contributed by atoms with van der Waals surface area (Å²) in [7, 11) is 1.61. The molecule has 3 heterocycles. The number of fused-ring (bicyclic) bond motifs is 1. The highest BCUT2D eigenvalue weighted by Gasteiger charge is 2.22. The van der Waals surface area contributed by atoms with Crippen molar-refractivity contribution in [1.82, 2.24) is 14.9 Å². The first-order valence-electron chi connectivity index (χ1n) is 9.44. The number of aryl methyl sites for hydroxylation is 2. The number of nitrogens with zero attached hydrogens (tertiary/aromatic N) is 2. The van der Waals surface area contributed by atoms with E-state index in [0.29, 0.717) is 30.2 Å². The van der Waals surface area contributed by atoms with Crippen molar-refractivity contribution in [3.63, 3.8) is 0 Å². The molecule has 1 N–H and O–H groups in total. The number of nitrogens with one attached hydrogen (secondary N) is 1. The number of ether oxygens (including phenoxy) is 1. The highest BCUT2D eigenvalue weighted by molar-refractivity contribution is 8.00. The average Bonchev–Trinajstić information content (AvgIpc) is 3.32. The highest BCUT2D eigenvalue weighted by atomic mass is 32.2. The number of hydrogen-bond acceptors (Lipinski definition) is 7. The largest absolute Gasteiger partial charge is 0.383 e. The van der Waals surface area contributed by atoms with Crippen LogP contribution < -0.4 is 10.9 Å². The monoisotopic (exact) mass is 451 g/mol. The van der Waals surface area contributed by atoms with Crippen LogP contribution in [0.15, 0.2) is 27.5 Å². The van der Waals surface area contributed by atoms with Gasteiger partial charge in [-0.15, -0.1) is 22.7 Å². The lowest BCUT2D eigenvalue weighted by atomic mass is 10.1. The predicted octanol–water partition coefficient (Wildman–Crippen LogP) is 3.83. The Hall–Kier alpha value is -1.68. The molecule has 0 saturated heterocycles. The molecule has 0 bridgehead atoms. The van der Waals surface area contributed by atoms with Crippen LogP contribution in [0.25, 0.3) is 10.2 Å². The molecule has 0 aliphatic rings. The van der Waals surface area contributed by atoms with Crippen LogP contribution in [-0.4, -0.2) is 34.4 Å². The third kappa shape index (κ3) is 4.91. The molecule has 0 fully saturated rings. The molecular weight excluding hydrogens is 426 g/mol. The summed E-state index contributed by atoms with van der Waals surface area (Å²) in [5.41, 5.74) is 1.01. The first-order chi connectivity index (χ1) is 14.0. The summed E-state index contributed by atoms with van der Waals surface area (Å²) in [5, 5.41) is 5.82. The molecule has 0 aromatic carbocycles. The third-order valence-corrected chi connectivity index (χ3v) is 7.63. The molecule has 0 radical (unpaired) electrons. The SMILES string of the molecule is CCc1c(C)sc2nc(SC(C)C(=O)NCc3cccs3)n(CCOC)c(=O)c12. The van der Waals surface area contributed by atoms with E-state index in [9.17, 15) is 9.59 Å². The zero-order chi connectivity index (χ0) is 21.0. The van der Waals surface area contributed by atoms with Crippen LogP contribution in [-0.2, 0) is 29.0 Å². The molecule has 29 heavy (non-hydrogen) atoms. The number of amides is 1. The number of methoxy groups -OCH3 is 1. The van der Waals surface area contributed by atoms with Crippen LogP contribution in [0.5, 0.6) is 0 Å². The van der Waals surface area contributed by atoms with Gasteiger partial charge in [0.1, 0.15) is 4.83 Å². The second-order valence-electron chi connectivity index (χ2n) is 6.57. The maximum atomic E-state index is 13.2. The van der Waals surface area contributed by atoms with Crippen LogP contribution in [0, 0.1) is 6.92 Å². The van der Waals surface area contributed by atoms with Gasteiger partial charge in [-0.05, 0) is 37.3 Å². The van der Waals surface area contributed by atoms with E-state index in [2.05, 4.69) is 12.2 Å². The Balaban J connectivity index is 1.88. The molecule has 0 saturated carbocycles. The molecule has 1 unspecified atom stereocenters. The van der Waals surface area contributed by atoms with Crippen LogP contribution in [0.4, 0.5) is 0 Å². The van der Waals surface area contributed by atoms with Crippen molar-refractivity contribution in [2.75, 3.05) is 13.7 Å². The summed E-state index contributed by atoms with van der Waals surface area (Å²) in [6, 6.07) is 3.95. The van der Waals surface area contributed by atoms with Crippen molar-refractivity contribution in [3.8, 4) is 0 Å². The fourth-order valence-electron chi connectivity index (χ4n) is 3.07. The molecular formula is C20H25N3O3S3. The minimum atomic E-state index is -0.375. The molecule has 3 aromatic rings. The number of rotatable bonds is 9. The van der Waals surface area contributed by atoms with Crippen LogP contribution in [0.1, 0.15) is 29.2 Å². The zero-order valence-electron chi connectivity index (χ0n) is 17.0. The summed E-state index contributed by atoms with van der Waals surface area (Å²) in [6.45, 7) is 7.23. The lowest BCUT2D eigenvalue weighted by Gasteiger charge is -2.15. The zero-order valence-corrected chi connectivity index (χ0v) is 19.4. The van der Waals surface area contributed by atoms with Crippen molar-refractivity contribution < 1.29 is 9.53 Å².